The van der Waals surface area contributed by atoms with E-state index in [1.165, 1.54) is 12.1 Å². The lowest BCUT2D eigenvalue weighted by Gasteiger charge is -2.11. The maximum atomic E-state index is 13.3. The van der Waals surface area contributed by atoms with Crippen molar-refractivity contribution in [2.75, 3.05) is 13.1 Å². The van der Waals surface area contributed by atoms with Crippen molar-refractivity contribution < 1.29 is 4.39 Å². The van der Waals surface area contributed by atoms with Crippen molar-refractivity contribution in [3.8, 4) is 0 Å². The van der Waals surface area contributed by atoms with E-state index in [-0.39, 0.29) is 5.82 Å². The van der Waals surface area contributed by atoms with E-state index in [0.29, 0.717) is 5.92 Å². The number of aromatic nitrogens is 2. The first-order valence-electron chi connectivity index (χ1n) is 7.47. The molecule has 3 nitrogen and oxygen atoms in total. The molecule has 2 rings (SSSR count). The summed E-state index contributed by atoms with van der Waals surface area (Å²) in [4.78, 5) is 4.61. The average molecular weight is 277 g/mol. The van der Waals surface area contributed by atoms with E-state index in [4.69, 9.17) is 0 Å². The number of hydrogen-bond donors (Lipinski definition) is 1. The van der Waals surface area contributed by atoms with Crippen LogP contribution in [0.5, 0.6) is 0 Å². The van der Waals surface area contributed by atoms with E-state index in [1.807, 2.05) is 6.07 Å². The van der Waals surface area contributed by atoms with Gasteiger partial charge in [-0.2, -0.15) is 0 Å². The van der Waals surface area contributed by atoms with Crippen LogP contribution in [0, 0.1) is 11.7 Å². The molecule has 0 spiro atoms. The van der Waals surface area contributed by atoms with E-state index in [9.17, 15) is 4.39 Å². The molecule has 0 amide bonds. The third-order valence-corrected chi connectivity index (χ3v) is 3.49. The molecule has 110 valence electrons. The Kier molecular flexibility index (Phi) is 5.12. The van der Waals surface area contributed by atoms with Gasteiger partial charge in [0.25, 0.3) is 0 Å². The fourth-order valence-electron chi connectivity index (χ4n) is 2.36. The lowest BCUT2D eigenvalue weighted by atomic mass is 10.1. The van der Waals surface area contributed by atoms with Crippen LogP contribution in [0.4, 0.5) is 4.39 Å². The lowest BCUT2D eigenvalue weighted by molar-refractivity contribution is 0.509. The van der Waals surface area contributed by atoms with Crippen molar-refractivity contribution in [1.82, 2.24) is 14.9 Å². The Morgan fingerprint density at radius 1 is 1.35 bits per heavy atom. The normalized spacial score (nSPS) is 11.7. The van der Waals surface area contributed by atoms with Crippen molar-refractivity contribution in [1.29, 1.82) is 0 Å². The molecule has 0 atom stereocenters. The molecule has 1 aromatic carbocycles. The standard InChI is InChI=1S/C16H24FN3/c1-4-18-9-7-16-19-14-11-13(17)5-6-15(14)20(16)10-8-12(2)3/h5-6,11-12,18H,4,7-10H2,1-3H3. The summed E-state index contributed by atoms with van der Waals surface area (Å²) in [6, 6.07) is 4.89. The first kappa shape index (κ1) is 15.0. The second kappa shape index (κ2) is 6.84. The van der Waals surface area contributed by atoms with Gasteiger partial charge in [0.1, 0.15) is 11.6 Å². The Morgan fingerprint density at radius 2 is 2.15 bits per heavy atom. The highest BCUT2D eigenvalue weighted by Gasteiger charge is 2.11. The van der Waals surface area contributed by atoms with E-state index in [1.54, 1.807) is 0 Å². The van der Waals surface area contributed by atoms with E-state index < -0.39 is 0 Å². The Labute approximate surface area is 120 Å². The van der Waals surface area contributed by atoms with Gasteiger partial charge >= 0.3 is 0 Å². The Morgan fingerprint density at radius 3 is 2.85 bits per heavy atom. The van der Waals surface area contributed by atoms with E-state index >= 15 is 0 Å². The zero-order valence-corrected chi connectivity index (χ0v) is 12.6. The summed E-state index contributed by atoms with van der Waals surface area (Å²) in [5.41, 5.74) is 1.80. The number of hydrogen-bond acceptors (Lipinski definition) is 2. The van der Waals surface area contributed by atoms with Gasteiger partial charge in [0.05, 0.1) is 11.0 Å². The van der Waals surface area contributed by atoms with Crippen LogP contribution in [0.1, 0.15) is 33.0 Å². The molecule has 0 aliphatic rings. The zero-order valence-electron chi connectivity index (χ0n) is 12.6. The van der Waals surface area contributed by atoms with Crippen molar-refractivity contribution in [2.45, 2.75) is 40.2 Å². The number of imidazole rings is 1. The predicted octanol–water partition coefficient (Wildman–Crippen LogP) is 3.37. The molecule has 1 heterocycles. The highest BCUT2D eigenvalue weighted by molar-refractivity contribution is 5.76. The maximum absolute atomic E-state index is 13.3. The highest BCUT2D eigenvalue weighted by Crippen LogP contribution is 2.19. The number of aryl methyl sites for hydroxylation is 1. The largest absolute Gasteiger partial charge is 0.328 e. The van der Waals surface area contributed by atoms with Crippen molar-refractivity contribution >= 4 is 11.0 Å². The maximum Gasteiger partial charge on any atom is 0.125 e. The Hall–Kier alpha value is -1.42. The van der Waals surface area contributed by atoms with Crippen LogP contribution in [0.15, 0.2) is 18.2 Å². The quantitative estimate of drug-likeness (QED) is 0.786. The van der Waals surface area contributed by atoms with E-state index in [0.717, 1.165) is 49.3 Å². The monoisotopic (exact) mass is 277 g/mol. The molecule has 0 fully saturated rings. The number of benzene rings is 1. The third-order valence-electron chi connectivity index (χ3n) is 3.49. The molecule has 1 aromatic heterocycles. The predicted molar refractivity (Wildman–Crippen MR) is 81.4 cm³/mol. The third kappa shape index (κ3) is 3.57. The van der Waals surface area contributed by atoms with Crippen LogP contribution in [0.2, 0.25) is 0 Å². The molecule has 0 bridgehead atoms. The second-order valence-electron chi connectivity index (χ2n) is 5.60. The number of nitrogens with one attached hydrogen (secondary N) is 1. The van der Waals surface area contributed by atoms with Crippen LogP contribution in [-0.2, 0) is 13.0 Å². The first-order chi connectivity index (χ1) is 9.61. The second-order valence-corrected chi connectivity index (χ2v) is 5.60. The minimum Gasteiger partial charge on any atom is -0.328 e. The number of likely N-dealkylation sites (N-methyl/N-ethyl adjacent to an activating group) is 1. The Bertz CT molecular complexity index is 560. The van der Waals surface area contributed by atoms with Gasteiger partial charge in [-0.1, -0.05) is 20.8 Å². The van der Waals surface area contributed by atoms with Gasteiger partial charge in [0.2, 0.25) is 0 Å². The summed E-state index contributed by atoms with van der Waals surface area (Å²) in [6.45, 7) is 9.34. The molecule has 0 unspecified atom stereocenters. The summed E-state index contributed by atoms with van der Waals surface area (Å²) >= 11 is 0. The van der Waals surface area contributed by atoms with Crippen LogP contribution in [-0.4, -0.2) is 22.6 Å². The molecule has 20 heavy (non-hydrogen) atoms. The summed E-state index contributed by atoms with van der Waals surface area (Å²) in [5.74, 6) is 1.48. The van der Waals surface area contributed by atoms with Gasteiger partial charge in [0, 0.05) is 25.6 Å². The fraction of sp³-hybridized carbons (Fsp3) is 0.562. The van der Waals surface area contributed by atoms with Crippen molar-refractivity contribution in [2.24, 2.45) is 5.92 Å². The zero-order chi connectivity index (χ0) is 14.5. The summed E-state index contributed by atoms with van der Waals surface area (Å²) in [6.07, 6.45) is 1.99. The van der Waals surface area contributed by atoms with Crippen LogP contribution < -0.4 is 5.32 Å². The molecule has 0 saturated carbocycles. The molecular weight excluding hydrogens is 253 g/mol. The number of rotatable bonds is 7. The smallest absolute Gasteiger partial charge is 0.125 e. The van der Waals surface area contributed by atoms with Crippen molar-refractivity contribution in [3.05, 3.63) is 29.8 Å². The highest BCUT2D eigenvalue weighted by atomic mass is 19.1. The van der Waals surface area contributed by atoms with Gasteiger partial charge in [-0.15, -0.1) is 0 Å². The topological polar surface area (TPSA) is 29.9 Å². The first-order valence-corrected chi connectivity index (χ1v) is 7.47. The Balaban J connectivity index is 2.29. The molecular formula is C16H24FN3. The van der Waals surface area contributed by atoms with Crippen LogP contribution in [0.3, 0.4) is 0 Å². The van der Waals surface area contributed by atoms with Crippen LogP contribution in [0.25, 0.3) is 11.0 Å². The van der Waals surface area contributed by atoms with Crippen LogP contribution >= 0.6 is 0 Å². The molecule has 0 saturated heterocycles. The molecule has 0 aliphatic carbocycles. The van der Waals surface area contributed by atoms with Gasteiger partial charge in [0.15, 0.2) is 0 Å². The average Bonchev–Trinajstić information content (AvgIpc) is 2.73. The minimum atomic E-state index is -0.218. The van der Waals surface area contributed by atoms with Gasteiger partial charge in [-0.25, -0.2) is 9.37 Å². The molecule has 0 aliphatic heterocycles. The van der Waals surface area contributed by atoms with Gasteiger partial charge < -0.3 is 9.88 Å². The molecule has 0 radical (unpaired) electrons. The summed E-state index contributed by atoms with van der Waals surface area (Å²) in [5, 5.41) is 3.32. The van der Waals surface area contributed by atoms with Gasteiger partial charge in [-0.05, 0) is 31.0 Å². The van der Waals surface area contributed by atoms with E-state index in [2.05, 4.69) is 35.6 Å². The van der Waals surface area contributed by atoms with Crippen molar-refractivity contribution in [3.63, 3.8) is 0 Å². The number of halogens is 1. The number of nitrogens with zero attached hydrogens (tertiary/aromatic N) is 2. The minimum absolute atomic E-state index is 0.218. The van der Waals surface area contributed by atoms with Gasteiger partial charge in [-0.3, -0.25) is 0 Å². The molecule has 2 aromatic rings. The molecule has 1 N–H and O–H groups in total. The lowest BCUT2D eigenvalue weighted by Crippen LogP contribution is -2.18. The SMILES string of the molecule is CCNCCc1nc2cc(F)ccc2n1CCC(C)C. The summed E-state index contributed by atoms with van der Waals surface area (Å²) < 4.78 is 15.6. The summed E-state index contributed by atoms with van der Waals surface area (Å²) in [7, 11) is 0. The molecule has 4 heteroatoms. The fourth-order valence-corrected chi connectivity index (χ4v) is 2.36. The number of fused-ring (bicyclic) bond motifs is 1.